The second kappa shape index (κ2) is 7.58. The highest BCUT2D eigenvalue weighted by molar-refractivity contribution is 6.31. The molecule has 2 aromatic carbocycles. The van der Waals surface area contributed by atoms with Crippen LogP contribution in [0.15, 0.2) is 48.8 Å². The molecule has 0 unspecified atom stereocenters. The quantitative estimate of drug-likeness (QED) is 0.440. The zero-order valence-electron chi connectivity index (χ0n) is 15.2. The molecule has 0 amide bonds. The molecule has 0 fully saturated rings. The van der Waals surface area contributed by atoms with Crippen molar-refractivity contribution in [2.75, 3.05) is 10.6 Å². The molecule has 0 atom stereocenters. The van der Waals surface area contributed by atoms with Crippen LogP contribution < -0.4 is 10.6 Å². The summed E-state index contributed by atoms with van der Waals surface area (Å²) >= 11 is 12.1. The summed E-state index contributed by atoms with van der Waals surface area (Å²) in [6, 6.07) is 11.2. The van der Waals surface area contributed by atoms with Crippen molar-refractivity contribution in [1.29, 1.82) is 0 Å². The molecule has 0 spiro atoms. The molecule has 140 valence electrons. The van der Waals surface area contributed by atoms with Crippen LogP contribution in [0.5, 0.6) is 0 Å². The van der Waals surface area contributed by atoms with E-state index in [1.807, 2.05) is 50.2 Å². The molecule has 4 aromatic rings. The zero-order chi connectivity index (χ0) is 19.7. The van der Waals surface area contributed by atoms with Crippen molar-refractivity contribution in [3.05, 3.63) is 70.0 Å². The first kappa shape index (κ1) is 18.4. The Bertz CT molecular complexity index is 1180. The second-order valence-electron chi connectivity index (χ2n) is 6.29. The summed E-state index contributed by atoms with van der Waals surface area (Å²) in [4.78, 5) is 17.8. The first-order chi connectivity index (χ1) is 13.5. The molecule has 0 aliphatic rings. The van der Waals surface area contributed by atoms with Crippen LogP contribution in [0.4, 0.5) is 23.1 Å². The van der Waals surface area contributed by atoms with E-state index in [2.05, 4.69) is 30.6 Å². The topological polar surface area (TPSA) is 75.6 Å². The molecule has 6 nitrogen and oxygen atoms in total. The fourth-order valence-electron chi connectivity index (χ4n) is 2.79. The van der Waals surface area contributed by atoms with Gasteiger partial charge >= 0.3 is 0 Å². The van der Waals surface area contributed by atoms with Crippen LogP contribution in [0.2, 0.25) is 10.0 Å². The maximum absolute atomic E-state index is 6.06. The Balaban J connectivity index is 1.76. The lowest BCUT2D eigenvalue weighted by Crippen LogP contribution is -2.05. The summed E-state index contributed by atoms with van der Waals surface area (Å²) in [5, 5.41) is 7.90. The average molecular weight is 411 g/mol. The van der Waals surface area contributed by atoms with Gasteiger partial charge in [-0.05, 0) is 61.4 Å². The molecule has 4 rings (SSSR count). The standard InChI is InChI=1S/C20H16Cl2N6/c1-11-9-13(21)3-5-15(11)25-19-17-18(24-8-7-23-17)27-20(28-19)26-16-6-4-14(22)10-12(16)2/h3-10H,1-2H3,(H2,24,25,26,27,28). The molecule has 0 radical (unpaired) electrons. The van der Waals surface area contributed by atoms with Crippen LogP contribution in [0.3, 0.4) is 0 Å². The fourth-order valence-corrected chi connectivity index (χ4v) is 3.24. The predicted molar refractivity (Wildman–Crippen MR) is 114 cm³/mol. The van der Waals surface area contributed by atoms with E-state index in [-0.39, 0.29) is 0 Å². The number of nitrogens with zero attached hydrogens (tertiary/aromatic N) is 4. The number of aryl methyl sites for hydroxylation is 2. The summed E-state index contributed by atoms with van der Waals surface area (Å²) in [5.74, 6) is 0.963. The summed E-state index contributed by atoms with van der Waals surface area (Å²) in [6.45, 7) is 3.94. The molecule has 2 heterocycles. The Hall–Kier alpha value is -2.96. The Morgan fingerprint density at radius 2 is 1.36 bits per heavy atom. The van der Waals surface area contributed by atoms with Crippen molar-refractivity contribution in [3.8, 4) is 0 Å². The van der Waals surface area contributed by atoms with Gasteiger partial charge in [0.25, 0.3) is 0 Å². The van der Waals surface area contributed by atoms with Crippen LogP contribution in [0, 0.1) is 13.8 Å². The van der Waals surface area contributed by atoms with E-state index in [1.54, 1.807) is 12.4 Å². The Kier molecular flexibility index (Phi) is 4.98. The largest absolute Gasteiger partial charge is 0.338 e. The van der Waals surface area contributed by atoms with Crippen molar-refractivity contribution < 1.29 is 0 Å². The minimum absolute atomic E-state index is 0.410. The number of benzene rings is 2. The smallest absolute Gasteiger partial charge is 0.231 e. The van der Waals surface area contributed by atoms with E-state index in [9.17, 15) is 0 Å². The first-order valence-corrected chi connectivity index (χ1v) is 9.30. The van der Waals surface area contributed by atoms with Gasteiger partial charge in [0.15, 0.2) is 17.0 Å². The van der Waals surface area contributed by atoms with Crippen LogP contribution in [-0.4, -0.2) is 19.9 Å². The van der Waals surface area contributed by atoms with Gasteiger partial charge in [-0.15, -0.1) is 0 Å². The number of hydrogen-bond acceptors (Lipinski definition) is 6. The van der Waals surface area contributed by atoms with Crippen molar-refractivity contribution >= 4 is 57.5 Å². The molecular formula is C20H16Cl2N6. The van der Waals surface area contributed by atoms with Crippen LogP contribution in [0.25, 0.3) is 11.2 Å². The van der Waals surface area contributed by atoms with E-state index in [0.717, 1.165) is 22.5 Å². The molecule has 8 heteroatoms. The minimum atomic E-state index is 0.410. The lowest BCUT2D eigenvalue weighted by Gasteiger charge is -2.13. The van der Waals surface area contributed by atoms with Crippen molar-refractivity contribution in [2.45, 2.75) is 13.8 Å². The fraction of sp³-hybridized carbons (Fsp3) is 0.100. The first-order valence-electron chi connectivity index (χ1n) is 8.55. The summed E-state index contributed by atoms with van der Waals surface area (Å²) in [5.41, 5.74) is 4.78. The maximum Gasteiger partial charge on any atom is 0.231 e. The van der Waals surface area contributed by atoms with E-state index in [4.69, 9.17) is 23.2 Å². The predicted octanol–water partition coefficient (Wildman–Crippen LogP) is 5.83. The van der Waals surface area contributed by atoms with E-state index < -0.39 is 0 Å². The Labute approximate surface area is 172 Å². The van der Waals surface area contributed by atoms with Crippen molar-refractivity contribution in [2.24, 2.45) is 0 Å². The van der Waals surface area contributed by atoms with Crippen molar-refractivity contribution in [3.63, 3.8) is 0 Å². The van der Waals surface area contributed by atoms with Crippen LogP contribution in [-0.2, 0) is 0 Å². The highest BCUT2D eigenvalue weighted by Crippen LogP contribution is 2.28. The van der Waals surface area contributed by atoms with Crippen molar-refractivity contribution in [1.82, 2.24) is 19.9 Å². The van der Waals surface area contributed by atoms with Gasteiger partial charge in [-0.25, -0.2) is 9.97 Å². The minimum Gasteiger partial charge on any atom is -0.338 e. The second-order valence-corrected chi connectivity index (χ2v) is 7.17. The Morgan fingerprint density at radius 1 is 0.750 bits per heavy atom. The highest BCUT2D eigenvalue weighted by atomic mass is 35.5. The lowest BCUT2D eigenvalue weighted by atomic mass is 10.2. The van der Waals surface area contributed by atoms with E-state index in [0.29, 0.717) is 33.0 Å². The number of fused-ring (bicyclic) bond motifs is 1. The van der Waals surface area contributed by atoms with Gasteiger partial charge in [0.05, 0.1) is 0 Å². The summed E-state index contributed by atoms with van der Waals surface area (Å²) in [7, 11) is 0. The van der Waals surface area contributed by atoms with Gasteiger partial charge in [0.1, 0.15) is 0 Å². The molecule has 0 aliphatic carbocycles. The third-order valence-corrected chi connectivity index (χ3v) is 4.68. The van der Waals surface area contributed by atoms with Crippen LogP contribution >= 0.6 is 23.2 Å². The number of aromatic nitrogens is 4. The number of anilines is 4. The maximum atomic E-state index is 6.06. The van der Waals surface area contributed by atoms with E-state index >= 15 is 0 Å². The number of rotatable bonds is 4. The third-order valence-electron chi connectivity index (χ3n) is 4.21. The molecule has 0 saturated carbocycles. The third kappa shape index (κ3) is 3.83. The van der Waals surface area contributed by atoms with Crippen LogP contribution in [0.1, 0.15) is 11.1 Å². The SMILES string of the molecule is Cc1cc(Cl)ccc1Nc1nc(Nc2ccc(Cl)cc2C)c2nccnc2n1. The zero-order valence-corrected chi connectivity index (χ0v) is 16.7. The molecule has 2 aromatic heterocycles. The van der Waals surface area contributed by atoms with Gasteiger partial charge in [0, 0.05) is 33.8 Å². The normalized spacial score (nSPS) is 10.9. The van der Waals surface area contributed by atoms with Gasteiger partial charge in [-0.1, -0.05) is 23.2 Å². The highest BCUT2D eigenvalue weighted by Gasteiger charge is 2.12. The molecular weight excluding hydrogens is 395 g/mol. The van der Waals surface area contributed by atoms with Gasteiger partial charge in [-0.2, -0.15) is 9.97 Å². The number of nitrogens with one attached hydrogen (secondary N) is 2. The van der Waals surface area contributed by atoms with Gasteiger partial charge in [-0.3, -0.25) is 0 Å². The van der Waals surface area contributed by atoms with E-state index in [1.165, 1.54) is 0 Å². The number of halogens is 2. The Morgan fingerprint density at radius 3 is 2.00 bits per heavy atom. The molecule has 2 N–H and O–H groups in total. The molecule has 0 saturated heterocycles. The molecule has 28 heavy (non-hydrogen) atoms. The summed E-state index contributed by atoms with van der Waals surface area (Å²) in [6.07, 6.45) is 3.21. The molecule has 0 aliphatic heterocycles. The lowest BCUT2D eigenvalue weighted by molar-refractivity contribution is 1.14. The van der Waals surface area contributed by atoms with Gasteiger partial charge in [0.2, 0.25) is 5.95 Å². The van der Waals surface area contributed by atoms with Gasteiger partial charge < -0.3 is 10.6 Å². The number of hydrogen-bond donors (Lipinski definition) is 2. The molecule has 0 bridgehead atoms. The monoisotopic (exact) mass is 410 g/mol. The summed E-state index contributed by atoms with van der Waals surface area (Å²) < 4.78 is 0. The average Bonchev–Trinajstić information content (AvgIpc) is 2.66.